The molecule has 0 atom stereocenters. The van der Waals surface area contributed by atoms with Gasteiger partial charge in [0.1, 0.15) is 5.75 Å². The third-order valence-corrected chi connectivity index (χ3v) is 7.12. The van der Waals surface area contributed by atoms with Crippen molar-refractivity contribution in [1.82, 2.24) is 10.2 Å². The van der Waals surface area contributed by atoms with Gasteiger partial charge in [0.05, 0.1) is 28.0 Å². The number of nitrogens with one attached hydrogen (secondary N) is 1. The van der Waals surface area contributed by atoms with E-state index in [0.29, 0.717) is 29.0 Å². The number of unbranched alkanes of at least 4 members (excludes halogenated alkanes) is 1. The molecule has 4 rings (SSSR count). The lowest BCUT2D eigenvalue weighted by Crippen LogP contribution is -2.46. The van der Waals surface area contributed by atoms with Gasteiger partial charge < -0.3 is 24.4 Å². The van der Waals surface area contributed by atoms with E-state index in [1.165, 1.54) is 7.05 Å². The molecule has 10 heteroatoms. The first-order valence-corrected chi connectivity index (χ1v) is 13.0. The number of anilines is 1. The third kappa shape index (κ3) is 7.18. The van der Waals surface area contributed by atoms with Crippen LogP contribution in [0.15, 0.2) is 41.4 Å². The molecule has 0 saturated carbocycles. The molecule has 0 unspecified atom stereocenters. The fourth-order valence-corrected chi connectivity index (χ4v) is 4.70. The van der Waals surface area contributed by atoms with Crippen LogP contribution in [-0.4, -0.2) is 70.1 Å². The molecule has 2 aromatic rings. The van der Waals surface area contributed by atoms with Crippen molar-refractivity contribution in [3.05, 3.63) is 52.0 Å². The molecule has 194 valence electrons. The Hall–Kier alpha value is -2.68. The molecule has 2 aromatic carbocycles. The number of aliphatic imine (C=N–C) groups is 1. The first-order valence-electron chi connectivity index (χ1n) is 12.3. The minimum Gasteiger partial charge on any atom is -0.494 e. The van der Waals surface area contributed by atoms with E-state index >= 15 is 0 Å². The normalized spacial score (nSPS) is 15.6. The summed E-state index contributed by atoms with van der Waals surface area (Å²) in [6, 6.07) is 11.8. The van der Waals surface area contributed by atoms with Gasteiger partial charge in [-0.1, -0.05) is 35.3 Å². The lowest BCUT2D eigenvalue weighted by Gasteiger charge is -2.36. The van der Waals surface area contributed by atoms with Crippen LogP contribution in [0.1, 0.15) is 24.8 Å². The van der Waals surface area contributed by atoms with E-state index in [1.54, 1.807) is 0 Å². The van der Waals surface area contributed by atoms with Gasteiger partial charge in [0, 0.05) is 45.7 Å². The quantitative estimate of drug-likeness (QED) is 0.348. The molecule has 36 heavy (non-hydrogen) atoms. The number of rotatable bonds is 9. The van der Waals surface area contributed by atoms with Gasteiger partial charge in [0.25, 0.3) is 0 Å². The largest absolute Gasteiger partial charge is 0.494 e. The first kappa shape index (κ1) is 26.4. The number of hydrogen-bond donors (Lipinski definition) is 1. The summed E-state index contributed by atoms with van der Waals surface area (Å²) < 4.78 is 16.3. The van der Waals surface area contributed by atoms with Crippen LogP contribution >= 0.6 is 23.2 Å². The highest BCUT2D eigenvalue weighted by Crippen LogP contribution is 2.33. The number of carbonyl (C=O) groups is 1. The van der Waals surface area contributed by atoms with Gasteiger partial charge in [-0.3, -0.25) is 4.90 Å². The molecule has 1 saturated heterocycles. The Labute approximate surface area is 222 Å². The minimum atomic E-state index is -0.535. The number of fused-ring (bicyclic) bond motifs is 1. The lowest BCUT2D eigenvalue weighted by molar-refractivity contribution is 0.0517. The number of alkyl carbamates (subject to hydrolysis) is 1. The summed E-state index contributed by atoms with van der Waals surface area (Å²) >= 11 is 12.5. The summed E-state index contributed by atoms with van der Waals surface area (Å²) in [5.41, 5.74) is 3.01. The van der Waals surface area contributed by atoms with Crippen LogP contribution in [0.2, 0.25) is 10.0 Å². The van der Waals surface area contributed by atoms with Crippen LogP contribution in [0.5, 0.6) is 5.75 Å². The Morgan fingerprint density at radius 2 is 1.89 bits per heavy atom. The smallest absolute Gasteiger partial charge is 0.409 e. The van der Waals surface area contributed by atoms with E-state index < -0.39 is 6.09 Å². The number of aryl methyl sites for hydroxylation is 1. The van der Waals surface area contributed by atoms with Crippen molar-refractivity contribution in [1.29, 1.82) is 0 Å². The van der Waals surface area contributed by atoms with Gasteiger partial charge in [0.2, 0.25) is 6.79 Å². The van der Waals surface area contributed by atoms with Gasteiger partial charge in [-0.2, -0.15) is 0 Å². The molecule has 1 amide bonds. The molecule has 0 spiro atoms. The van der Waals surface area contributed by atoms with E-state index in [1.807, 2.05) is 30.3 Å². The van der Waals surface area contributed by atoms with E-state index in [4.69, 9.17) is 37.4 Å². The van der Waals surface area contributed by atoms with Gasteiger partial charge in [-0.25, -0.2) is 9.79 Å². The second-order valence-electron chi connectivity index (χ2n) is 8.70. The van der Waals surface area contributed by atoms with Crippen LogP contribution in [0.25, 0.3) is 0 Å². The number of nitrogens with zero attached hydrogens (tertiary/aromatic N) is 3. The zero-order valence-corrected chi connectivity index (χ0v) is 22.0. The molecule has 2 aliphatic heterocycles. The number of ether oxygens (including phenoxy) is 3. The molecular weight excluding hydrogens is 503 g/mol. The SMILES string of the molecule is CNC(=O)OCOC1=Nc2cc(OCCCCN3CCN(c4cccc(Cl)c4Cl)CC3)ccc2CC1. The second-order valence-corrected chi connectivity index (χ2v) is 9.48. The Kier molecular flexibility index (Phi) is 9.55. The van der Waals surface area contributed by atoms with Crippen LogP contribution in [0.4, 0.5) is 16.2 Å². The van der Waals surface area contributed by atoms with Gasteiger partial charge in [-0.05, 0) is 49.6 Å². The van der Waals surface area contributed by atoms with Gasteiger partial charge in [0.15, 0.2) is 5.90 Å². The summed E-state index contributed by atoms with van der Waals surface area (Å²) in [6.07, 6.45) is 3.01. The number of amides is 1. The number of halogens is 2. The Bertz CT molecular complexity index is 1070. The lowest BCUT2D eigenvalue weighted by atomic mass is 10.0. The number of benzene rings is 2. The van der Waals surface area contributed by atoms with Crippen molar-refractivity contribution < 1.29 is 19.0 Å². The van der Waals surface area contributed by atoms with E-state index in [-0.39, 0.29) is 6.79 Å². The maximum atomic E-state index is 11.1. The van der Waals surface area contributed by atoms with Crippen molar-refractivity contribution in [3.63, 3.8) is 0 Å². The van der Waals surface area contributed by atoms with Gasteiger partial charge >= 0.3 is 6.09 Å². The topological polar surface area (TPSA) is 75.6 Å². The van der Waals surface area contributed by atoms with Crippen LogP contribution in [-0.2, 0) is 15.9 Å². The molecular formula is C26H32Cl2N4O4. The molecule has 1 fully saturated rings. The minimum absolute atomic E-state index is 0.159. The molecule has 0 bridgehead atoms. The highest BCUT2D eigenvalue weighted by atomic mass is 35.5. The Balaban J connectivity index is 1.15. The Morgan fingerprint density at radius 1 is 1.06 bits per heavy atom. The maximum absolute atomic E-state index is 11.1. The Morgan fingerprint density at radius 3 is 2.69 bits per heavy atom. The van der Waals surface area contributed by atoms with E-state index in [2.05, 4.69) is 26.2 Å². The first-order chi connectivity index (χ1) is 17.5. The maximum Gasteiger partial charge on any atom is 0.409 e. The van der Waals surface area contributed by atoms with Crippen molar-refractivity contribution in [3.8, 4) is 5.75 Å². The van der Waals surface area contributed by atoms with Crippen molar-refractivity contribution in [2.24, 2.45) is 4.99 Å². The average Bonchev–Trinajstić information content (AvgIpc) is 2.90. The standard InChI is InChI=1S/C26H32Cl2N4O4/c1-29-26(33)36-18-35-24-10-8-19-7-9-20(17-22(19)30-24)34-16-3-2-11-31-12-14-32(15-13-31)23-6-4-5-21(27)25(23)28/h4-7,9,17H,2-3,8,10-16,18H2,1H3,(H,29,33). The van der Waals surface area contributed by atoms with Crippen LogP contribution in [0, 0.1) is 0 Å². The number of hydrogen-bond acceptors (Lipinski definition) is 7. The van der Waals surface area contributed by atoms with Crippen molar-refractivity contribution in [2.75, 3.05) is 58.1 Å². The van der Waals surface area contributed by atoms with Crippen molar-refractivity contribution in [2.45, 2.75) is 25.7 Å². The number of carbonyl (C=O) groups excluding carboxylic acids is 1. The summed E-state index contributed by atoms with van der Waals surface area (Å²) in [5.74, 6) is 1.36. The van der Waals surface area contributed by atoms with Crippen molar-refractivity contribution >= 4 is 46.6 Å². The fourth-order valence-electron chi connectivity index (χ4n) is 4.28. The zero-order chi connectivity index (χ0) is 25.3. The van der Waals surface area contributed by atoms with E-state index in [0.717, 1.165) is 74.7 Å². The molecule has 2 heterocycles. The predicted octanol–water partition coefficient (Wildman–Crippen LogP) is 5.28. The average molecular weight is 535 g/mol. The second kappa shape index (κ2) is 13.0. The number of piperazine rings is 1. The predicted molar refractivity (Wildman–Crippen MR) is 143 cm³/mol. The molecule has 0 aromatic heterocycles. The molecule has 0 radical (unpaired) electrons. The fraction of sp³-hybridized carbons (Fsp3) is 0.462. The summed E-state index contributed by atoms with van der Waals surface area (Å²) in [5, 5.41) is 3.61. The molecule has 8 nitrogen and oxygen atoms in total. The molecule has 2 aliphatic rings. The highest BCUT2D eigenvalue weighted by molar-refractivity contribution is 6.43. The highest BCUT2D eigenvalue weighted by Gasteiger charge is 2.19. The summed E-state index contributed by atoms with van der Waals surface area (Å²) in [4.78, 5) is 20.5. The zero-order valence-electron chi connectivity index (χ0n) is 20.5. The van der Waals surface area contributed by atoms with E-state index in [9.17, 15) is 4.79 Å². The van der Waals surface area contributed by atoms with Crippen LogP contribution < -0.4 is 15.0 Å². The van der Waals surface area contributed by atoms with Crippen LogP contribution in [0.3, 0.4) is 0 Å². The molecule has 1 N–H and O–H groups in total. The third-order valence-electron chi connectivity index (χ3n) is 6.31. The summed E-state index contributed by atoms with van der Waals surface area (Å²) in [6.45, 7) is 5.44. The van der Waals surface area contributed by atoms with Gasteiger partial charge in [-0.15, -0.1) is 0 Å². The monoisotopic (exact) mass is 534 g/mol. The molecule has 0 aliphatic carbocycles. The summed E-state index contributed by atoms with van der Waals surface area (Å²) in [7, 11) is 1.50.